The zero-order valence-corrected chi connectivity index (χ0v) is 12.2. The molecule has 3 nitrogen and oxygen atoms in total. The summed E-state index contributed by atoms with van der Waals surface area (Å²) in [6, 6.07) is 9.61. The molecule has 0 aromatic heterocycles. The van der Waals surface area contributed by atoms with Gasteiger partial charge in [0.15, 0.2) is 0 Å². The van der Waals surface area contributed by atoms with Gasteiger partial charge in [-0.2, -0.15) is 0 Å². The van der Waals surface area contributed by atoms with Crippen molar-refractivity contribution in [3.8, 4) is 0 Å². The minimum Gasteiger partial charge on any atom is -0.480 e. The average Bonchev–Trinajstić information content (AvgIpc) is 2.92. The zero-order valence-electron chi connectivity index (χ0n) is 12.2. The Morgan fingerprint density at radius 3 is 2.55 bits per heavy atom. The fraction of sp³-hybridized carbons (Fsp3) is 0.588. The van der Waals surface area contributed by atoms with Gasteiger partial charge in [-0.15, -0.1) is 0 Å². The lowest BCUT2D eigenvalue weighted by molar-refractivity contribution is -0.139. The first-order chi connectivity index (χ1) is 9.65. The van der Waals surface area contributed by atoms with Crippen molar-refractivity contribution in [3.63, 3.8) is 0 Å². The largest absolute Gasteiger partial charge is 0.480 e. The summed E-state index contributed by atoms with van der Waals surface area (Å²) >= 11 is 0. The van der Waals surface area contributed by atoms with Crippen molar-refractivity contribution in [1.82, 2.24) is 5.32 Å². The van der Waals surface area contributed by atoms with E-state index in [-0.39, 0.29) is 6.04 Å². The topological polar surface area (TPSA) is 49.3 Å². The number of nitrogens with one attached hydrogen (secondary N) is 1. The molecular formula is C17H25NO2. The molecule has 0 amide bonds. The number of aliphatic carboxylic acids is 1. The van der Waals surface area contributed by atoms with Gasteiger partial charge in [0.1, 0.15) is 6.04 Å². The summed E-state index contributed by atoms with van der Waals surface area (Å²) < 4.78 is 0. The Kier molecular flexibility index (Phi) is 5.60. The van der Waals surface area contributed by atoms with Gasteiger partial charge in [-0.05, 0) is 31.2 Å². The van der Waals surface area contributed by atoms with Gasteiger partial charge < -0.3 is 10.4 Å². The van der Waals surface area contributed by atoms with Gasteiger partial charge in [0.2, 0.25) is 0 Å². The first-order valence-corrected chi connectivity index (χ1v) is 7.68. The number of carboxylic acids is 1. The molecule has 2 rings (SSSR count). The second-order valence-corrected chi connectivity index (χ2v) is 6.03. The highest BCUT2D eigenvalue weighted by atomic mass is 16.4. The second-order valence-electron chi connectivity index (χ2n) is 6.03. The van der Waals surface area contributed by atoms with Crippen LogP contribution in [0.2, 0.25) is 0 Å². The predicted octanol–water partition coefficient (Wildman–Crippen LogP) is 3.24. The summed E-state index contributed by atoms with van der Waals surface area (Å²) in [7, 11) is 0. The number of carbonyl (C=O) groups is 1. The van der Waals surface area contributed by atoms with Crippen LogP contribution < -0.4 is 5.32 Å². The van der Waals surface area contributed by atoms with E-state index in [1.54, 1.807) is 0 Å². The first-order valence-electron chi connectivity index (χ1n) is 7.68. The molecule has 0 heterocycles. The van der Waals surface area contributed by atoms with Crippen LogP contribution in [-0.4, -0.2) is 23.2 Å². The first kappa shape index (κ1) is 15.0. The Morgan fingerprint density at radius 1 is 1.30 bits per heavy atom. The van der Waals surface area contributed by atoms with Crippen LogP contribution in [0.15, 0.2) is 30.3 Å². The Bertz CT molecular complexity index is 412. The molecule has 1 aromatic carbocycles. The summed E-state index contributed by atoms with van der Waals surface area (Å²) in [5, 5.41) is 12.7. The van der Waals surface area contributed by atoms with Crippen molar-refractivity contribution in [1.29, 1.82) is 0 Å². The lowest BCUT2D eigenvalue weighted by Crippen LogP contribution is -2.44. The molecule has 1 unspecified atom stereocenters. The molecule has 0 spiro atoms. The molecular weight excluding hydrogens is 250 g/mol. The highest BCUT2D eigenvalue weighted by molar-refractivity contribution is 5.74. The molecule has 0 saturated heterocycles. The third kappa shape index (κ3) is 4.64. The Balaban J connectivity index is 1.86. The normalized spacial score (nSPS) is 18.9. The molecule has 3 heteroatoms. The van der Waals surface area contributed by atoms with Crippen molar-refractivity contribution in [3.05, 3.63) is 35.9 Å². The van der Waals surface area contributed by atoms with E-state index in [9.17, 15) is 9.90 Å². The van der Waals surface area contributed by atoms with Crippen LogP contribution in [0.5, 0.6) is 0 Å². The van der Waals surface area contributed by atoms with Gasteiger partial charge in [0.25, 0.3) is 0 Å². The predicted molar refractivity (Wildman–Crippen MR) is 80.7 cm³/mol. The minimum atomic E-state index is -0.757. The second kappa shape index (κ2) is 7.44. The van der Waals surface area contributed by atoms with Crippen LogP contribution in [0.4, 0.5) is 0 Å². The lowest BCUT2D eigenvalue weighted by atomic mass is 9.98. The number of hydrogen-bond donors (Lipinski definition) is 2. The van der Waals surface area contributed by atoms with Crippen LogP contribution in [0.1, 0.15) is 44.6 Å². The zero-order chi connectivity index (χ0) is 14.4. The fourth-order valence-electron chi connectivity index (χ4n) is 3.22. The Hall–Kier alpha value is -1.35. The fourth-order valence-corrected chi connectivity index (χ4v) is 3.22. The quantitative estimate of drug-likeness (QED) is 0.803. The maximum Gasteiger partial charge on any atom is 0.321 e. The maximum absolute atomic E-state index is 11.4. The Morgan fingerprint density at radius 2 is 1.95 bits per heavy atom. The summed E-state index contributed by atoms with van der Waals surface area (Å²) in [4.78, 5) is 11.4. The highest BCUT2D eigenvalue weighted by Gasteiger charge is 2.23. The highest BCUT2D eigenvalue weighted by Crippen LogP contribution is 2.28. The minimum absolute atomic E-state index is 0.267. The van der Waals surface area contributed by atoms with E-state index in [0.29, 0.717) is 6.42 Å². The van der Waals surface area contributed by atoms with Gasteiger partial charge in [-0.1, -0.05) is 56.0 Å². The van der Waals surface area contributed by atoms with Gasteiger partial charge in [-0.3, -0.25) is 4.79 Å². The molecule has 2 N–H and O–H groups in total. The molecule has 2 atom stereocenters. The summed E-state index contributed by atoms with van der Waals surface area (Å²) in [5.74, 6) is 0.0239. The SMILES string of the molecule is CC(CC1CCCC1)N[C@H](Cc1ccccc1)C(=O)O. The van der Waals surface area contributed by atoms with Crippen molar-refractivity contribution in [2.75, 3.05) is 0 Å². The average molecular weight is 275 g/mol. The molecule has 0 aliphatic heterocycles. The van der Waals surface area contributed by atoms with E-state index in [1.165, 1.54) is 25.7 Å². The van der Waals surface area contributed by atoms with Crippen LogP contribution in [0.25, 0.3) is 0 Å². The van der Waals surface area contributed by atoms with E-state index in [0.717, 1.165) is 17.9 Å². The maximum atomic E-state index is 11.4. The monoisotopic (exact) mass is 275 g/mol. The van der Waals surface area contributed by atoms with E-state index >= 15 is 0 Å². The smallest absolute Gasteiger partial charge is 0.321 e. The third-order valence-electron chi connectivity index (χ3n) is 4.23. The van der Waals surface area contributed by atoms with Crippen molar-refractivity contribution < 1.29 is 9.90 Å². The molecule has 0 radical (unpaired) electrons. The summed E-state index contributed by atoms with van der Waals surface area (Å²) in [5.41, 5.74) is 1.07. The van der Waals surface area contributed by atoms with Crippen molar-refractivity contribution in [2.24, 2.45) is 5.92 Å². The lowest BCUT2D eigenvalue weighted by Gasteiger charge is -2.22. The van der Waals surface area contributed by atoms with E-state index in [1.807, 2.05) is 30.3 Å². The van der Waals surface area contributed by atoms with Crippen LogP contribution >= 0.6 is 0 Å². The third-order valence-corrected chi connectivity index (χ3v) is 4.23. The van der Waals surface area contributed by atoms with E-state index in [4.69, 9.17) is 0 Å². The number of carboxylic acid groups (broad SMARTS) is 1. The number of rotatable bonds is 7. The number of benzene rings is 1. The van der Waals surface area contributed by atoms with Gasteiger partial charge in [0.05, 0.1) is 0 Å². The molecule has 1 aromatic rings. The van der Waals surface area contributed by atoms with E-state index < -0.39 is 12.0 Å². The summed E-state index contributed by atoms with van der Waals surface area (Å²) in [6.07, 6.45) is 6.93. The molecule has 1 aliphatic rings. The van der Waals surface area contributed by atoms with Crippen LogP contribution in [0, 0.1) is 5.92 Å². The standard InChI is InChI=1S/C17H25NO2/c1-13(11-14-9-5-6-10-14)18-16(17(19)20)12-15-7-3-2-4-8-15/h2-4,7-8,13-14,16,18H,5-6,9-12H2,1H3,(H,19,20)/t13?,16-/m1/s1. The molecule has 1 saturated carbocycles. The number of hydrogen-bond acceptors (Lipinski definition) is 2. The van der Waals surface area contributed by atoms with E-state index in [2.05, 4.69) is 12.2 Å². The van der Waals surface area contributed by atoms with Gasteiger partial charge in [0, 0.05) is 6.04 Å². The summed E-state index contributed by atoms with van der Waals surface area (Å²) in [6.45, 7) is 2.11. The van der Waals surface area contributed by atoms with Gasteiger partial charge in [-0.25, -0.2) is 0 Å². The van der Waals surface area contributed by atoms with Crippen molar-refractivity contribution in [2.45, 2.75) is 57.5 Å². The van der Waals surface area contributed by atoms with Gasteiger partial charge >= 0.3 is 5.97 Å². The molecule has 20 heavy (non-hydrogen) atoms. The molecule has 0 bridgehead atoms. The molecule has 1 aliphatic carbocycles. The molecule has 110 valence electrons. The van der Waals surface area contributed by atoms with Crippen LogP contribution in [0.3, 0.4) is 0 Å². The van der Waals surface area contributed by atoms with Crippen LogP contribution in [-0.2, 0) is 11.2 Å². The Labute approximate surface area is 121 Å². The molecule has 1 fully saturated rings. The van der Waals surface area contributed by atoms with Crippen molar-refractivity contribution >= 4 is 5.97 Å².